The molecule has 0 amide bonds. The van der Waals surface area contributed by atoms with Crippen LogP contribution in [0.25, 0.3) is 0 Å². The van der Waals surface area contributed by atoms with Crippen molar-refractivity contribution < 1.29 is 19.5 Å². The summed E-state index contributed by atoms with van der Waals surface area (Å²) in [4.78, 5) is 0. The van der Waals surface area contributed by atoms with E-state index in [4.69, 9.17) is 0 Å². The van der Waals surface area contributed by atoms with Crippen molar-refractivity contribution in [1.29, 1.82) is 0 Å². The third-order valence-corrected chi connectivity index (χ3v) is 8.95. The van der Waals surface area contributed by atoms with Crippen LogP contribution in [-0.2, 0) is 19.5 Å². The molecule has 0 atom stereocenters. The number of hydrogen-bond acceptors (Lipinski definition) is 0. The SMILES string of the molecule is [CH3][Ge]([CH3])[c]1ccccc1.[CH3][Ge]([CH3])[c]1ccccc1.[Zn]. The Morgan fingerprint density at radius 2 is 0.789 bits per heavy atom. The minimum atomic E-state index is -0.766. The van der Waals surface area contributed by atoms with E-state index in [2.05, 4.69) is 83.7 Å². The van der Waals surface area contributed by atoms with E-state index >= 15 is 0 Å². The van der Waals surface area contributed by atoms with Crippen LogP contribution >= 0.6 is 0 Å². The van der Waals surface area contributed by atoms with Crippen LogP contribution in [0.5, 0.6) is 0 Å². The van der Waals surface area contributed by atoms with Crippen molar-refractivity contribution in [3.8, 4) is 0 Å². The van der Waals surface area contributed by atoms with Crippen molar-refractivity contribution in [2.24, 2.45) is 0 Å². The van der Waals surface area contributed by atoms with E-state index in [1.54, 1.807) is 8.79 Å². The molecule has 0 bridgehead atoms. The molecule has 2 rings (SSSR count). The Kier molecular flexibility index (Phi) is 11.0. The van der Waals surface area contributed by atoms with Crippen molar-refractivity contribution in [3.05, 3.63) is 60.7 Å². The molecule has 0 saturated carbocycles. The van der Waals surface area contributed by atoms with Crippen LogP contribution in [0.1, 0.15) is 0 Å². The average Bonchev–Trinajstić information content (AvgIpc) is 2.41. The predicted molar refractivity (Wildman–Crippen MR) is 87.1 cm³/mol. The van der Waals surface area contributed by atoms with E-state index in [0.717, 1.165) is 0 Å². The molecular formula is C16H22Ge2Zn. The Bertz CT molecular complexity index is 384. The average molecular weight is 425 g/mol. The van der Waals surface area contributed by atoms with Gasteiger partial charge in [-0.15, -0.1) is 0 Å². The van der Waals surface area contributed by atoms with Gasteiger partial charge < -0.3 is 0 Å². The second-order valence-electron chi connectivity index (χ2n) is 4.73. The number of benzene rings is 2. The molecule has 0 aliphatic rings. The molecule has 2 aromatic carbocycles. The zero-order chi connectivity index (χ0) is 13.4. The summed E-state index contributed by atoms with van der Waals surface area (Å²) in [5.41, 5.74) is 0. The molecule has 0 spiro atoms. The largest absolute Gasteiger partial charge is 0 e. The van der Waals surface area contributed by atoms with Gasteiger partial charge in [0.2, 0.25) is 0 Å². The molecule has 2 radical (unpaired) electrons. The van der Waals surface area contributed by atoms with Gasteiger partial charge in [-0.2, -0.15) is 0 Å². The van der Waals surface area contributed by atoms with E-state index in [1.165, 1.54) is 0 Å². The monoisotopic (exact) mass is 426 g/mol. The van der Waals surface area contributed by atoms with E-state index in [-0.39, 0.29) is 19.5 Å². The molecule has 0 N–H and O–H groups in total. The summed E-state index contributed by atoms with van der Waals surface area (Å²) >= 11 is -1.53. The second kappa shape index (κ2) is 10.9. The molecule has 0 unspecified atom stereocenters. The summed E-state index contributed by atoms with van der Waals surface area (Å²) in [6.07, 6.45) is 0. The van der Waals surface area contributed by atoms with Crippen LogP contribution in [-0.4, -0.2) is 28.7 Å². The van der Waals surface area contributed by atoms with Crippen molar-refractivity contribution in [3.63, 3.8) is 0 Å². The first kappa shape index (κ1) is 19.1. The third kappa shape index (κ3) is 8.12. The van der Waals surface area contributed by atoms with Gasteiger partial charge in [0, 0.05) is 19.5 Å². The van der Waals surface area contributed by atoms with E-state index in [9.17, 15) is 0 Å². The minimum Gasteiger partial charge on any atom is 0 e. The zero-order valence-corrected chi connectivity index (χ0v) is 19.6. The standard InChI is InChI=1S/2C8H11Ge.Zn/c2*1-9(2)8-6-4-3-5-7-8;/h2*3-7H,1-2H3;. The van der Waals surface area contributed by atoms with E-state index < -0.39 is 28.7 Å². The summed E-state index contributed by atoms with van der Waals surface area (Å²) in [5, 5.41) is 0. The Morgan fingerprint density at radius 1 is 0.526 bits per heavy atom. The fourth-order valence-corrected chi connectivity index (χ4v) is 5.15. The quantitative estimate of drug-likeness (QED) is 0.649. The van der Waals surface area contributed by atoms with Crippen LogP contribution < -0.4 is 8.79 Å². The van der Waals surface area contributed by atoms with Gasteiger partial charge in [0.05, 0.1) is 0 Å². The van der Waals surface area contributed by atoms with Gasteiger partial charge in [0.15, 0.2) is 0 Å². The molecule has 0 aromatic heterocycles. The molecule has 2 aromatic rings. The molecule has 0 nitrogen and oxygen atoms in total. The summed E-state index contributed by atoms with van der Waals surface area (Å²) in [6, 6.07) is 21.6. The van der Waals surface area contributed by atoms with Crippen molar-refractivity contribution in [2.45, 2.75) is 23.0 Å². The zero-order valence-electron chi connectivity index (χ0n) is 12.5. The molecule has 96 valence electrons. The fourth-order valence-electron chi connectivity index (χ4n) is 1.54. The molecule has 0 fully saturated rings. The minimum absolute atomic E-state index is 0. The topological polar surface area (TPSA) is 0 Å². The van der Waals surface area contributed by atoms with Gasteiger partial charge in [-0.3, -0.25) is 0 Å². The summed E-state index contributed by atoms with van der Waals surface area (Å²) in [6.45, 7) is 0. The Hall–Kier alpha value is 0.149. The fraction of sp³-hybridized carbons (Fsp3) is 0.250. The normalized spacial score (nSPS) is 9.58. The maximum absolute atomic E-state index is 2.37. The van der Waals surface area contributed by atoms with Crippen LogP contribution in [0.2, 0.25) is 23.0 Å². The van der Waals surface area contributed by atoms with Gasteiger partial charge in [0.1, 0.15) is 0 Å². The Labute approximate surface area is 140 Å². The van der Waals surface area contributed by atoms with Gasteiger partial charge in [-0.25, -0.2) is 0 Å². The van der Waals surface area contributed by atoms with Crippen LogP contribution in [0.15, 0.2) is 60.7 Å². The molecule has 0 heterocycles. The summed E-state index contributed by atoms with van der Waals surface area (Å²) in [5.74, 6) is 9.48. The molecule has 0 aliphatic carbocycles. The van der Waals surface area contributed by atoms with Crippen molar-refractivity contribution in [2.75, 3.05) is 0 Å². The molecular weight excluding hydrogens is 403 g/mol. The van der Waals surface area contributed by atoms with Gasteiger partial charge in [0.25, 0.3) is 0 Å². The van der Waals surface area contributed by atoms with Gasteiger partial charge >= 0.3 is 121 Å². The number of hydrogen-bond donors (Lipinski definition) is 0. The van der Waals surface area contributed by atoms with Crippen LogP contribution in [0.4, 0.5) is 0 Å². The first-order valence-electron chi connectivity index (χ1n) is 6.32. The first-order valence-corrected chi connectivity index (χ1v) is 16.8. The number of rotatable bonds is 2. The van der Waals surface area contributed by atoms with E-state index in [1.807, 2.05) is 0 Å². The maximum atomic E-state index is 2.37. The van der Waals surface area contributed by atoms with Crippen LogP contribution in [0.3, 0.4) is 0 Å². The molecule has 0 saturated heterocycles. The predicted octanol–water partition coefficient (Wildman–Crippen LogP) is 3.29. The Morgan fingerprint density at radius 3 is 0.947 bits per heavy atom. The van der Waals surface area contributed by atoms with Gasteiger partial charge in [-0.1, -0.05) is 0 Å². The molecule has 19 heavy (non-hydrogen) atoms. The van der Waals surface area contributed by atoms with Crippen LogP contribution in [0, 0.1) is 0 Å². The van der Waals surface area contributed by atoms with Crippen molar-refractivity contribution in [1.82, 2.24) is 0 Å². The van der Waals surface area contributed by atoms with Gasteiger partial charge in [-0.05, 0) is 0 Å². The maximum Gasteiger partial charge on any atom is 0 e. The Balaban J connectivity index is 0.000000324. The second-order valence-corrected chi connectivity index (χ2v) is 15.5. The smallest absolute Gasteiger partial charge is 0 e. The summed E-state index contributed by atoms with van der Waals surface area (Å²) < 4.78 is 3.16. The van der Waals surface area contributed by atoms with E-state index in [0.29, 0.717) is 0 Å². The molecule has 3 heteroatoms. The first-order chi connectivity index (χ1) is 8.61. The molecule has 0 aliphatic heterocycles. The van der Waals surface area contributed by atoms with Crippen molar-refractivity contribution >= 4 is 37.5 Å². The summed E-state index contributed by atoms with van der Waals surface area (Å²) in [7, 11) is 0. The third-order valence-electron chi connectivity index (χ3n) is 2.70.